The van der Waals surface area contributed by atoms with Crippen LogP contribution in [0, 0.1) is 13.8 Å². The quantitative estimate of drug-likeness (QED) is 0.386. The number of hydrogen-bond acceptors (Lipinski definition) is 5. The lowest BCUT2D eigenvalue weighted by molar-refractivity contribution is -0.119. The number of anilines is 1. The van der Waals surface area contributed by atoms with Gasteiger partial charge >= 0.3 is 0 Å². The van der Waals surface area contributed by atoms with Crippen molar-refractivity contribution >= 4 is 39.4 Å². The van der Waals surface area contributed by atoms with E-state index in [4.69, 9.17) is 16.3 Å². The Kier molecular flexibility index (Phi) is 7.45. The largest absolute Gasteiger partial charge is 0.497 e. The molecule has 3 aromatic rings. The van der Waals surface area contributed by atoms with Gasteiger partial charge in [0.25, 0.3) is 5.91 Å². The molecule has 0 aliphatic heterocycles. The molecule has 1 aromatic heterocycles. The summed E-state index contributed by atoms with van der Waals surface area (Å²) in [5.41, 5.74) is 6.34. The smallest absolute Gasteiger partial charge is 0.260 e. The summed E-state index contributed by atoms with van der Waals surface area (Å²) in [6.07, 6.45) is 2.56. The maximum Gasteiger partial charge on any atom is 0.260 e. The van der Waals surface area contributed by atoms with Gasteiger partial charge in [-0.05, 0) is 50.2 Å². The molecular weight excluding hydrogens is 464 g/mol. The summed E-state index contributed by atoms with van der Waals surface area (Å²) in [5.74, 6) is -0.0993. The van der Waals surface area contributed by atoms with Gasteiger partial charge in [0.1, 0.15) is 12.3 Å². The predicted octanol–water partition coefficient (Wildman–Crippen LogP) is 3.67. The molecule has 0 spiro atoms. The zero-order chi connectivity index (χ0) is 24.2. The highest BCUT2D eigenvalue weighted by Crippen LogP contribution is 2.23. The van der Waals surface area contributed by atoms with Gasteiger partial charge in [0, 0.05) is 33.7 Å². The van der Waals surface area contributed by atoms with E-state index in [1.165, 1.54) is 13.3 Å². The van der Waals surface area contributed by atoms with Crippen LogP contribution in [0.2, 0.25) is 5.02 Å². The molecule has 10 heteroatoms. The number of aryl methyl sites for hydroxylation is 1. The second kappa shape index (κ2) is 10.1. The fourth-order valence-electron chi connectivity index (χ4n) is 3.44. The molecule has 174 valence electrons. The molecule has 0 aliphatic carbocycles. The number of hydrogen-bond donors (Lipinski definition) is 1. The third-order valence-corrected chi connectivity index (χ3v) is 6.33. The first kappa shape index (κ1) is 24.3. The molecule has 0 atom stereocenters. The predicted molar refractivity (Wildman–Crippen MR) is 131 cm³/mol. The second-order valence-electron chi connectivity index (χ2n) is 7.41. The molecule has 0 aliphatic rings. The zero-order valence-corrected chi connectivity index (χ0v) is 20.3. The van der Waals surface area contributed by atoms with Crippen LogP contribution in [0.4, 0.5) is 5.69 Å². The molecule has 0 saturated heterocycles. The topological polar surface area (TPSA) is 93.0 Å². The van der Waals surface area contributed by atoms with Crippen molar-refractivity contribution in [3.8, 4) is 11.4 Å². The van der Waals surface area contributed by atoms with Crippen molar-refractivity contribution in [1.82, 2.24) is 9.99 Å². The molecule has 1 amide bonds. The van der Waals surface area contributed by atoms with Crippen LogP contribution >= 0.6 is 11.6 Å². The summed E-state index contributed by atoms with van der Waals surface area (Å²) in [6.45, 7) is 3.47. The van der Waals surface area contributed by atoms with E-state index in [1.807, 2.05) is 48.7 Å². The van der Waals surface area contributed by atoms with Gasteiger partial charge in [-0.2, -0.15) is 5.10 Å². The van der Waals surface area contributed by atoms with Crippen molar-refractivity contribution in [2.75, 3.05) is 24.2 Å². The summed E-state index contributed by atoms with van der Waals surface area (Å²) in [5, 5.41) is 4.65. The molecule has 0 radical (unpaired) electrons. The lowest BCUT2D eigenvalue weighted by atomic mass is 10.2. The van der Waals surface area contributed by atoms with Crippen LogP contribution in [0.1, 0.15) is 17.0 Å². The van der Waals surface area contributed by atoms with Gasteiger partial charge in [0.2, 0.25) is 10.0 Å². The van der Waals surface area contributed by atoms with Crippen molar-refractivity contribution in [2.24, 2.45) is 5.10 Å². The minimum atomic E-state index is -3.71. The number of amides is 1. The fourth-order valence-corrected chi connectivity index (χ4v) is 4.47. The van der Waals surface area contributed by atoms with Gasteiger partial charge in [-0.3, -0.25) is 9.10 Å². The lowest BCUT2D eigenvalue weighted by Gasteiger charge is -2.21. The number of rotatable bonds is 8. The monoisotopic (exact) mass is 488 g/mol. The minimum Gasteiger partial charge on any atom is -0.497 e. The zero-order valence-electron chi connectivity index (χ0n) is 18.7. The van der Waals surface area contributed by atoms with Crippen molar-refractivity contribution in [1.29, 1.82) is 0 Å². The van der Waals surface area contributed by atoms with Gasteiger partial charge in [0.05, 0.1) is 25.3 Å². The Morgan fingerprint density at radius 1 is 1.18 bits per heavy atom. The highest BCUT2D eigenvalue weighted by molar-refractivity contribution is 7.92. The Morgan fingerprint density at radius 3 is 2.58 bits per heavy atom. The van der Waals surface area contributed by atoms with Gasteiger partial charge in [-0.15, -0.1) is 0 Å². The first-order valence-electron chi connectivity index (χ1n) is 9.98. The standard InChI is InChI=1S/C23H25ClN4O4S/c1-16-11-18(17(2)28(16)21-9-5-7-19(24)12-21)14-25-26-23(29)15-27(33(4,30)31)20-8-6-10-22(13-20)32-3/h5-14H,15H2,1-4H3,(H,26,29)/b25-14-. The van der Waals surface area contributed by atoms with Crippen LogP contribution in [0.5, 0.6) is 5.75 Å². The van der Waals surface area contributed by atoms with Crippen molar-refractivity contribution < 1.29 is 17.9 Å². The van der Waals surface area contributed by atoms with Crippen LogP contribution in [0.25, 0.3) is 5.69 Å². The van der Waals surface area contributed by atoms with Gasteiger partial charge in [-0.25, -0.2) is 13.8 Å². The first-order valence-corrected chi connectivity index (χ1v) is 12.2. The van der Waals surface area contributed by atoms with Crippen molar-refractivity contribution in [3.63, 3.8) is 0 Å². The summed E-state index contributed by atoms with van der Waals surface area (Å²) in [7, 11) is -2.23. The molecule has 3 rings (SSSR count). The normalized spacial score (nSPS) is 11.5. The number of ether oxygens (including phenoxy) is 1. The molecule has 0 unspecified atom stereocenters. The molecule has 0 saturated carbocycles. The molecule has 1 N–H and O–H groups in total. The van der Waals surface area contributed by atoms with E-state index in [0.29, 0.717) is 16.5 Å². The van der Waals surface area contributed by atoms with Crippen molar-refractivity contribution in [2.45, 2.75) is 13.8 Å². The molecular formula is C23H25ClN4O4S. The van der Waals surface area contributed by atoms with Gasteiger partial charge < -0.3 is 9.30 Å². The van der Waals surface area contributed by atoms with Gasteiger partial charge in [0.15, 0.2) is 0 Å². The lowest BCUT2D eigenvalue weighted by Crippen LogP contribution is -2.39. The average molecular weight is 489 g/mol. The van der Waals surface area contributed by atoms with Crippen LogP contribution in [0.15, 0.2) is 59.7 Å². The van der Waals surface area contributed by atoms with Crippen LogP contribution in [0.3, 0.4) is 0 Å². The third kappa shape index (κ3) is 5.94. The van der Waals surface area contributed by atoms with E-state index >= 15 is 0 Å². The number of halogens is 1. The Morgan fingerprint density at radius 2 is 1.91 bits per heavy atom. The number of hydrazone groups is 1. The Labute approximate surface area is 198 Å². The minimum absolute atomic E-state index is 0.320. The summed E-state index contributed by atoms with van der Waals surface area (Å²) in [6, 6.07) is 15.9. The number of sulfonamides is 1. The fraction of sp³-hybridized carbons (Fsp3) is 0.217. The van der Waals surface area contributed by atoms with Crippen LogP contribution in [-0.4, -0.2) is 45.0 Å². The maximum atomic E-state index is 12.5. The van der Waals surface area contributed by atoms with Crippen molar-refractivity contribution in [3.05, 3.63) is 76.6 Å². The molecule has 33 heavy (non-hydrogen) atoms. The molecule has 2 aromatic carbocycles. The maximum absolute atomic E-state index is 12.5. The van der Waals surface area contributed by atoms with Gasteiger partial charge in [-0.1, -0.05) is 23.7 Å². The third-order valence-electron chi connectivity index (χ3n) is 4.96. The number of methoxy groups -OCH3 is 1. The van der Waals surface area contributed by atoms with Crippen LogP contribution < -0.4 is 14.5 Å². The molecule has 1 heterocycles. The molecule has 8 nitrogen and oxygen atoms in total. The molecule has 0 bridgehead atoms. The number of benzene rings is 2. The summed E-state index contributed by atoms with van der Waals surface area (Å²) < 4.78 is 32.7. The number of carbonyl (C=O) groups excluding carboxylic acids is 1. The Hall–Kier alpha value is -3.30. The Balaban J connectivity index is 1.75. The Bertz CT molecular complexity index is 1300. The second-order valence-corrected chi connectivity index (χ2v) is 9.75. The van der Waals surface area contributed by atoms with E-state index in [2.05, 4.69) is 10.5 Å². The molecule has 0 fully saturated rings. The van der Waals surface area contributed by atoms with E-state index in [9.17, 15) is 13.2 Å². The summed E-state index contributed by atoms with van der Waals surface area (Å²) >= 11 is 6.12. The number of nitrogens with one attached hydrogen (secondary N) is 1. The SMILES string of the molecule is COc1cccc(N(CC(=O)N/N=C\c2cc(C)n(-c3cccc(Cl)c3)c2C)S(C)(=O)=O)c1. The average Bonchev–Trinajstić information content (AvgIpc) is 3.04. The number of carbonyl (C=O) groups is 1. The van der Waals surface area contributed by atoms with E-state index in [1.54, 1.807) is 24.3 Å². The summed E-state index contributed by atoms with van der Waals surface area (Å²) in [4.78, 5) is 12.5. The number of nitrogens with zero attached hydrogens (tertiary/aromatic N) is 3. The first-order chi connectivity index (χ1) is 15.6. The van der Waals surface area contributed by atoms with Crippen LogP contribution in [-0.2, 0) is 14.8 Å². The van der Waals surface area contributed by atoms with E-state index < -0.39 is 22.5 Å². The van der Waals surface area contributed by atoms with E-state index in [0.717, 1.165) is 33.2 Å². The number of aromatic nitrogens is 1. The highest BCUT2D eigenvalue weighted by atomic mass is 35.5. The highest BCUT2D eigenvalue weighted by Gasteiger charge is 2.21. The van der Waals surface area contributed by atoms with E-state index in [-0.39, 0.29) is 0 Å².